The molecule has 0 bridgehead atoms. The molecule has 4 aliphatic rings. The van der Waals surface area contributed by atoms with Gasteiger partial charge in [-0.05, 0) is 79.2 Å². The lowest BCUT2D eigenvalue weighted by Gasteiger charge is -2.34. The number of carbonyl (C=O) groups is 6. The Labute approximate surface area is 289 Å². The van der Waals surface area contributed by atoms with E-state index in [2.05, 4.69) is 27.8 Å². The van der Waals surface area contributed by atoms with Crippen LogP contribution in [0.3, 0.4) is 0 Å². The van der Waals surface area contributed by atoms with Crippen LogP contribution >= 0.6 is 0 Å². The summed E-state index contributed by atoms with van der Waals surface area (Å²) in [6, 6.07) is 5.04. The molecule has 11 heteroatoms. The standard InChI is InChI=1S/C38H53N5O6/c1-5-17-39-35(46)29(44)20-40-36(47)33-30(22(2)3)23(4)21-43(33)37(48)32(28-18-26-13-9-10-14-27(26)19-28)42-38(49)41-31(34(45)25-15-16-25)24-11-7-6-8-12-24/h5,9-10,13-14,22-25,28,30-33H,1,6-8,11-12,15-21H2,2-4H3,(H,39,46)(H,40,47)(H2,41,42,49)/t23-,30?,31-,32-,33-/m0/s1. The maximum Gasteiger partial charge on any atom is 0.316 e. The number of Topliss-reactive ketones (excluding diaryl/α,β-unsaturated/α-hetero) is 2. The lowest BCUT2D eigenvalue weighted by molar-refractivity contribution is -0.143. The molecule has 1 aliphatic heterocycles. The number of nitrogens with zero attached hydrogens (tertiary/aromatic N) is 1. The molecule has 1 saturated heterocycles. The minimum absolute atomic E-state index is 0.00717. The minimum atomic E-state index is -0.949. The highest BCUT2D eigenvalue weighted by molar-refractivity contribution is 6.37. The molecule has 11 nitrogen and oxygen atoms in total. The molecule has 4 N–H and O–H groups in total. The van der Waals surface area contributed by atoms with E-state index >= 15 is 0 Å². The molecule has 0 aromatic heterocycles. The van der Waals surface area contributed by atoms with Crippen molar-refractivity contribution in [1.29, 1.82) is 0 Å². The Balaban J connectivity index is 1.37. The normalized spacial score (nSPS) is 23.7. The Morgan fingerprint density at radius 2 is 1.51 bits per heavy atom. The third kappa shape index (κ3) is 8.59. The number of hydrogen-bond acceptors (Lipinski definition) is 6. The van der Waals surface area contributed by atoms with E-state index in [0.29, 0.717) is 19.4 Å². The number of fused-ring (bicyclic) bond motifs is 1. The second-order valence-corrected chi connectivity index (χ2v) is 15.0. The maximum atomic E-state index is 14.7. The van der Waals surface area contributed by atoms with Crippen molar-refractivity contribution in [3.63, 3.8) is 0 Å². The lowest BCUT2D eigenvalue weighted by Crippen LogP contribution is -2.60. The predicted octanol–water partition coefficient (Wildman–Crippen LogP) is 3.10. The topological polar surface area (TPSA) is 154 Å². The first kappa shape index (κ1) is 36.3. The first-order valence-corrected chi connectivity index (χ1v) is 18.2. The van der Waals surface area contributed by atoms with E-state index in [9.17, 15) is 28.8 Å². The fourth-order valence-corrected chi connectivity index (χ4v) is 8.47. The summed E-state index contributed by atoms with van der Waals surface area (Å²) in [5.41, 5.74) is 2.24. The maximum absolute atomic E-state index is 14.7. The van der Waals surface area contributed by atoms with E-state index in [-0.39, 0.29) is 53.7 Å². The SMILES string of the molecule is C=CCNC(=O)C(=O)CNC(=O)[C@@H]1C(C(C)C)[C@@H](C)CN1C(=O)[C@@H](NC(=O)N[C@H](C(=O)C1CC1)C1CCCCC1)C1Cc2ccccc2C1. The van der Waals surface area contributed by atoms with Crippen LogP contribution in [0.15, 0.2) is 36.9 Å². The lowest BCUT2D eigenvalue weighted by atomic mass is 9.81. The molecule has 1 unspecified atom stereocenters. The number of ketones is 2. The number of likely N-dealkylation sites (tertiary alicyclic amines) is 1. The quantitative estimate of drug-likeness (QED) is 0.176. The van der Waals surface area contributed by atoms with Gasteiger partial charge < -0.3 is 26.2 Å². The first-order valence-electron chi connectivity index (χ1n) is 18.2. The average Bonchev–Trinajstić information content (AvgIpc) is 3.76. The molecule has 1 heterocycles. The Morgan fingerprint density at radius 1 is 0.878 bits per heavy atom. The van der Waals surface area contributed by atoms with Gasteiger partial charge in [0.05, 0.1) is 12.6 Å². The van der Waals surface area contributed by atoms with Gasteiger partial charge in [-0.2, -0.15) is 0 Å². The van der Waals surface area contributed by atoms with E-state index < -0.39 is 48.3 Å². The molecule has 5 atom stereocenters. The van der Waals surface area contributed by atoms with Crippen LogP contribution in [0.25, 0.3) is 0 Å². The highest BCUT2D eigenvalue weighted by atomic mass is 16.2. The van der Waals surface area contributed by atoms with Crippen molar-refractivity contribution in [3.8, 4) is 0 Å². The highest BCUT2D eigenvalue weighted by Gasteiger charge is 2.50. The van der Waals surface area contributed by atoms with Crippen LogP contribution in [0.5, 0.6) is 0 Å². The van der Waals surface area contributed by atoms with Crippen LogP contribution in [0, 0.1) is 35.5 Å². The molecule has 1 aromatic rings. The molecular weight excluding hydrogens is 622 g/mol. The smallest absolute Gasteiger partial charge is 0.316 e. The number of nitrogens with one attached hydrogen (secondary N) is 4. The first-order chi connectivity index (χ1) is 23.5. The van der Waals surface area contributed by atoms with Crippen molar-refractivity contribution in [2.75, 3.05) is 19.6 Å². The van der Waals surface area contributed by atoms with E-state index in [0.717, 1.165) is 56.1 Å². The summed E-state index contributed by atoms with van der Waals surface area (Å²) in [7, 11) is 0. The molecule has 49 heavy (non-hydrogen) atoms. The van der Waals surface area contributed by atoms with E-state index in [1.54, 1.807) is 4.90 Å². The van der Waals surface area contributed by atoms with Gasteiger partial charge >= 0.3 is 6.03 Å². The number of benzene rings is 1. The average molecular weight is 676 g/mol. The monoisotopic (exact) mass is 675 g/mol. The molecule has 5 rings (SSSR count). The minimum Gasteiger partial charge on any atom is -0.347 e. The number of carbonyl (C=O) groups excluding carboxylic acids is 6. The molecule has 5 amide bonds. The molecular formula is C38H53N5O6. The second kappa shape index (κ2) is 16.1. The second-order valence-electron chi connectivity index (χ2n) is 15.0. The van der Waals surface area contributed by atoms with Gasteiger partial charge in [0.1, 0.15) is 12.1 Å². The summed E-state index contributed by atoms with van der Waals surface area (Å²) in [5.74, 6) is -2.79. The Hall–Kier alpha value is -4.02. The Morgan fingerprint density at radius 3 is 2.10 bits per heavy atom. The van der Waals surface area contributed by atoms with Gasteiger partial charge in [0.2, 0.25) is 17.6 Å². The summed E-state index contributed by atoms with van der Waals surface area (Å²) in [5, 5.41) is 11.1. The van der Waals surface area contributed by atoms with Crippen LogP contribution in [0.1, 0.15) is 76.8 Å². The molecule has 0 radical (unpaired) electrons. The molecule has 3 fully saturated rings. The van der Waals surface area contributed by atoms with Crippen molar-refractivity contribution in [2.45, 2.75) is 96.7 Å². The van der Waals surface area contributed by atoms with Crippen LogP contribution < -0.4 is 21.3 Å². The number of rotatable bonds is 14. The van der Waals surface area contributed by atoms with Crippen LogP contribution in [-0.4, -0.2) is 78.0 Å². The number of urea groups is 1. The fourth-order valence-electron chi connectivity index (χ4n) is 8.47. The summed E-state index contributed by atoms with van der Waals surface area (Å²) < 4.78 is 0. The van der Waals surface area contributed by atoms with Gasteiger partial charge in [-0.15, -0.1) is 6.58 Å². The molecule has 1 aromatic carbocycles. The zero-order valence-electron chi connectivity index (χ0n) is 29.2. The van der Waals surface area contributed by atoms with Crippen molar-refractivity contribution < 1.29 is 28.8 Å². The van der Waals surface area contributed by atoms with Crippen LogP contribution in [-0.2, 0) is 36.8 Å². The van der Waals surface area contributed by atoms with Crippen molar-refractivity contribution in [3.05, 3.63) is 48.0 Å². The summed E-state index contributed by atoms with van der Waals surface area (Å²) >= 11 is 0. The zero-order valence-corrected chi connectivity index (χ0v) is 29.2. The number of amides is 5. The third-order valence-electron chi connectivity index (χ3n) is 11.0. The summed E-state index contributed by atoms with van der Waals surface area (Å²) in [6.07, 6.45) is 9.30. The van der Waals surface area contributed by atoms with E-state index in [4.69, 9.17) is 0 Å². The van der Waals surface area contributed by atoms with Gasteiger partial charge in [-0.1, -0.05) is 70.4 Å². The molecule has 0 spiro atoms. The molecule has 266 valence electrons. The highest BCUT2D eigenvalue weighted by Crippen LogP contribution is 2.38. The van der Waals surface area contributed by atoms with E-state index in [1.165, 1.54) is 6.08 Å². The van der Waals surface area contributed by atoms with Crippen molar-refractivity contribution >= 4 is 35.3 Å². The molecule has 3 aliphatic carbocycles. The zero-order chi connectivity index (χ0) is 35.2. The molecule has 2 saturated carbocycles. The van der Waals surface area contributed by atoms with Gasteiger partial charge in [-0.25, -0.2) is 4.79 Å². The van der Waals surface area contributed by atoms with Crippen LogP contribution in [0.4, 0.5) is 4.79 Å². The largest absolute Gasteiger partial charge is 0.347 e. The van der Waals surface area contributed by atoms with Gasteiger partial charge in [0.25, 0.3) is 5.91 Å². The Bertz CT molecular complexity index is 1410. The summed E-state index contributed by atoms with van der Waals surface area (Å²) in [4.78, 5) is 82.0. The summed E-state index contributed by atoms with van der Waals surface area (Å²) in [6.45, 7) is 9.46. The van der Waals surface area contributed by atoms with Gasteiger partial charge in [0.15, 0.2) is 5.78 Å². The van der Waals surface area contributed by atoms with Gasteiger partial charge in [-0.3, -0.25) is 24.0 Å². The number of hydrogen-bond donors (Lipinski definition) is 4. The van der Waals surface area contributed by atoms with E-state index in [1.807, 2.05) is 45.0 Å². The Kier molecular flexibility index (Phi) is 11.9. The van der Waals surface area contributed by atoms with Gasteiger partial charge in [0, 0.05) is 19.0 Å². The third-order valence-corrected chi connectivity index (χ3v) is 11.0. The predicted molar refractivity (Wildman–Crippen MR) is 185 cm³/mol. The fraction of sp³-hybridized carbons (Fsp3) is 0.632. The van der Waals surface area contributed by atoms with Crippen molar-refractivity contribution in [2.24, 2.45) is 35.5 Å². The van der Waals surface area contributed by atoms with Crippen molar-refractivity contribution in [1.82, 2.24) is 26.2 Å². The van der Waals surface area contributed by atoms with Crippen LogP contribution in [0.2, 0.25) is 0 Å².